The second-order valence-corrected chi connectivity index (χ2v) is 10.8. The monoisotopic (exact) mass is 261 g/mol. The number of hydrogen-bond donors (Lipinski definition) is 0. The molecule has 5 heteroatoms. The fourth-order valence-electron chi connectivity index (χ4n) is 1.02. The molecule has 0 aromatic carbocycles. The third-order valence-corrected chi connectivity index (χ3v) is 8.01. The van der Waals surface area contributed by atoms with Crippen molar-refractivity contribution in [3.8, 4) is 0 Å². The quantitative estimate of drug-likeness (QED) is 0.564. The zero-order valence-corrected chi connectivity index (χ0v) is 13.5. The average Bonchev–Trinajstić information content (AvgIpc) is 2.22. The van der Waals surface area contributed by atoms with Crippen LogP contribution >= 0.6 is 0 Å². The van der Waals surface area contributed by atoms with Crippen LogP contribution in [0.15, 0.2) is 0 Å². The Hall–Kier alpha value is -0.393. The summed E-state index contributed by atoms with van der Waals surface area (Å²) >= 11 is 0. The summed E-state index contributed by atoms with van der Waals surface area (Å²) in [5.74, 6) is -0.222. The Labute approximate surface area is 106 Å². The highest BCUT2D eigenvalue weighted by molar-refractivity contribution is 6.74. The van der Waals surface area contributed by atoms with Crippen LogP contribution in [0.5, 0.6) is 0 Å². The summed E-state index contributed by atoms with van der Waals surface area (Å²) in [6, 6.07) is 0. The molecule has 102 valence electrons. The number of hydrogen-bond acceptors (Lipinski definition) is 3. The minimum Gasteiger partial charge on any atom is -0.416 e. The molecule has 0 aliphatic carbocycles. The van der Waals surface area contributed by atoms with E-state index in [1.54, 1.807) is 7.05 Å². The van der Waals surface area contributed by atoms with Gasteiger partial charge in [-0.3, -0.25) is 9.63 Å². The molecule has 17 heavy (non-hydrogen) atoms. The predicted octanol–water partition coefficient (Wildman–Crippen LogP) is 2.66. The van der Waals surface area contributed by atoms with Gasteiger partial charge in [-0.25, -0.2) is 5.06 Å². The van der Waals surface area contributed by atoms with E-state index in [-0.39, 0.29) is 16.9 Å². The Balaban J connectivity index is 4.35. The van der Waals surface area contributed by atoms with Gasteiger partial charge in [0.25, 0.3) is 5.91 Å². The van der Waals surface area contributed by atoms with Gasteiger partial charge in [-0.2, -0.15) is 0 Å². The van der Waals surface area contributed by atoms with Crippen LogP contribution < -0.4 is 0 Å². The van der Waals surface area contributed by atoms with E-state index in [2.05, 4.69) is 33.9 Å². The van der Waals surface area contributed by atoms with E-state index >= 15 is 0 Å². The fourth-order valence-corrected chi connectivity index (χ4v) is 2.12. The maximum Gasteiger partial charge on any atom is 0.250 e. The normalized spacial score (nSPS) is 14.6. The van der Waals surface area contributed by atoms with Crippen LogP contribution in [0.3, 0.4) is 0 Å². The van der Waals surface area contributed by atoms with Crippen LogP contribution in [-0.4, -0.2) is 40.1 Å². The lowest BCUT2D eigenvalue weighted by molar-refractivity contribution is -0.173. The summed E-state index contributed by atoms with van der Waals surface area (Å²) in [6.45, 7) is 13.3. The van der Waals surface area contributed by atoms with Crippen molar-refractivity contribution in [3.63, 3.8) is 0 Å². The minimum absolute atomic E-state index is 0.0498. The highest BCUT2D eigenvalue weighted by Gasteiger charge is 2.37. The van der Waals surface area contributed by atoms with Gasteiger partial charge >= 0.3 is 0 Å². The second kappa shape index (κ2) is 5.98. The third kappa shape index (κ3) is 4.77. The minimum atomic E-state index is -1.77. The molecule has 0 aromatic heterocycles. The molecule has 1 atom stereocenters. The molecule has 0 N–H and O–H groups in total. The van der Waals surface area contributed by atoms with E-state index in [4.69, 9.17) is 9.26 Å². The molecule has 1 amide bonds. The SMILES string of the molecule is CON(C)C(=O)C(C)CO[Si](C)(C)C(C)(C)C. The van der Waals surface area contributed by atoms with Gasteiger partial charge in [-0.15, -0.1) is 0 Å². The number of amides is 1. The molecule has 0 aromatic rings. The molecule has 0 spiro atoms. The number of nitrogens with zero attached hydrogens (tertiary/aromatic N) is 1. The van der Waals surface area contributed by atoms with Gasteiger partial charge in [-0.05, 0) is 18.1 Å². The maximum atomic E-state index is 11.8. The van der Waals surface area contributed by atoms with Crippen molar-refractivity contribution in [2.75, 3.05) is 20.8 Å². The summed E-state index contributed by atoms with van der Waals surface area (Å²) in [6.07, 6.45) is 0. The van der Waals surface area contributed by atoms with Gasteiger partial charge in [0.1, 0.15) is 0 Å². The molecule has 1 unspecified atom stereocenters. The standard InChI is InChI=1S/C12H27NO3Si/c1-10(11(14)13(5)15-6)9-16-17(7,8)12(2,3)4/h10H,9H2,1-8H3. The third-order valence-electron chi connectivity index (χ3n) is 3.51. The van der Waals surface area contributed by atoms with E-state index in [9.17, 15) is 4.79 Å². The number of carbonyl (C=O) groups excluding carboxylic acids is 1. The van der Waals surface area contributed by atoms with E-state index in [0.29, 0.717) is 6.61 Å². The van der Waals surface area contributed by atoms with Crippen molar-refractivity contribution < 1.29 is 14.1 Å². The number of rotatable bonds is 5. The van der Waals surface area contributed by atoms with Gasteiger partial charge in [0.05, 0.1) is 13.0 Å². The lowest BCUT2D eigenvalue weighted by Gasteiger charge is -2.37. The van der Waals surface area contributed by atoms with E-state index in [0.717, 1.165) is 0 Å². The van der Waals surface area contributed by atoms with Crippen LogP contribution in [0.25, 0.3) is 0 Å². The fraction of sp³-hybridized carbons (Fsp3) is 0.917. The van der Waals surface area contributed by atoms with Gasteiger partial charge in [-0.1, -0.05) is 27.7 Å². The topological polar surface area (TPSA) is 38.8 Å². The molecule has 0 aliphatic heterocycles. The van der Waals surface area contributed by atoms with E-state index < -0.39 is 8.32 Å². The van der Waals surface area contributed by atoms with Crippen LogP contribution in [0.1, 0.15) is 27.7 Å². The molecule has 0 saturated heterocycles. The molecule has 0 saturated carbocycles. The first-order valence-corrected chi connectivity index (χ1v) is 8.89. The average molecular weight is 261 g/mol. The molecule has 0 rings (SSSR count). The molecule has 4 nitrogen and oxygen atoms in total. The summed E-state index contributed by atoms with van der Waals surface area (Å²) in [5.41, 5.74) is 0. The van der Waals surface area contributed by atoms with Crippen LogP contribution in [0.4, 0.5) is 0 Å². The Morgan fingerprint density at radius 1 is 1.35 bits per heavy atom. The smallest absolute Gasteiger partial charge is 0.250 e. The highest BCUT2D eigenvalue weighted by Crippen LogP contribution is 2.36. The Morgan fingerprint density at radius 2 is 1.82 bits per heavy atom. The molecule has 0 bridgehead atoms. The Morgan fingerprint density at radius 3 is 2.18 bits per heavy atom. The first-order chi connectivity index (χ1) is 7.53. The van der Waals surface area contributed by atoms with Crippen molar-refractivity contribution in [3.05, 3.63) is 0 Å². The summed E-state index contributed by atoms with van der Waals surface area (Å²) in [5, 5.41) is 1.42. The molecule has 0 radical (unpaired) electrons. The van der Waals surface area contributed by atoms with Crippen LogP contribution in [0.2, 0.25) is 18.1 Å². The zero-order valence-electron chi connectivity index (χ0n) is 12.5. The zero-order chi connectivity index (χ0) is 13.9. The second-order valence-electron chi connectivity index (χ2n) is 5.99. The van der Waals surface area contributed by atoms with Crippen molar-refractivity contribution in [2.45, 2.75) is 45.8 Å². The molecule has 0 aliphatic rings. The van der Waals surface area contributed by atoms with Gasteiger partial charge in [0, 0.05) is 13.7 Å². The van der Waals surface area contributed by atoms with Crippen molar-refractivity contribution in [2.24, 2.45) is 5.92 Å². The molecule has 0 heterocycles. The number of hydroxylamine groups is 2. The van der Waals surface area contributed by atoms with Crippen LogP contribution in [0, 0.1) is 5.92 Å². The lowest BCUT2D eigenvalue weighted by atomic mass is 10.2. The first-order valence-electron chi connectivity index (χ1n) is 5.98. The maximum absolute atomic E-state index is 11.8. The van der Waals surface area contributed by atoms with Gasteiger partial charge in [0.2, 0.25) is 0 Å². The Kier molecular flexibility index (Phi) is 5.84. The molecular weight excluding hydrogens is 234 g/mol. The molecule has 0 fully saturated rings. The summed E-state index contributed by atoms with van der Waals surface area (Å²) in [7, 11) is 1.33. The largest absolute Gasteiger partial charge is 0.416 e. The number of carbonyl (C=O) groups is 1. The highest BCUT2D eigenvalue weighted by atomic mass is 28.4. The van der Waals surface area contributed by atoms with E-state index in [1.807, 2.05) is 6.92 Å². The van der Waals surface area contributed by atoms with Crippen molar-refractivity contribution in [1.29, 1.82) is 0 Å². The van der Waals surface area contributed by atoms with Gasteiger partial charge in [0.15, 0.2) is 8.32 Å². The summed E-state index contributed by atoms with van der Waals surface area (Å²) < 4.78 is 6.01. The molecular formula is C12H27NO3Si. The van der Waals surface area contributed by atoms with Crippen LogP contribution in [-0.2, 0) is 14.1 Å². The van der Waals surface area contributed by atoms with E-state index in [1.165, 1.54) is 12.2 Å². The lowest BCUT2D eigenvalue weighted by Crippen LogP contribution is -2.43. The Bertz CT molecular complexity index is 261. The van der Waals surface area contributed by atoms with Gasteiger partial charge < -0.3 is 4.43 Å². The first kappa shape index (κ1) is 16.6. The summed E-state index contributed by atoms with van der Waals surface area (Å²) in [4.78, 5) is 16.6. The predicted molar refractivity (Wildman–Crippen MR) is 72.1 cm³/mol. The van der Waals surface area contributed by atoms with Crippen molar-refractivity contribution >= 4 is 14.2 Å². The van der Waals surface area contributed by atoms with Crippen molar-refractivity contribution in [1.82, 2.24) is 5.06 Å².